The summed E-state index contributed by atoms with van der Waals surface area (Å²) in [6.07, 6.45) is 12.0. The standard InChI is InChI=1S/C24H35N5O2.C11H11ClF3N/c1-5-24(11-13-27(3)4)9-6-18(7-10-24)29-16-17(2)20-14-19(15-25-22(20)29)28-12-8-21(30)26-23(28)31;12-8-2-3-9(13)10(6-8)16-5-1-4-11(14,15)7-16/h14-16,18H,5-13H2,1-4H3,(H,26,30,31);2-3,6H,1,4-5,7H2. The summed E-state index contributed by atoms with van der Waals surface area (Å²) in [4.78, 5) is 33.7. The van der Waals surface area contributed by atoms with E-state index in [0.717, 1.165) is 23.3 Å². The molecule has 0 atom stereocenters. The molecular weight excluding hydrogens is 629 g/mol. The van der Waals surface area contributed by atoms with Crippen LogP contribution < -0.4 is 15.1 Å². The predicted molar refractivity (Wildman–Crippen MR) is 181 cm³/mol. The molecule has 3 fully saturated rings. The fraction of sp³-hybridized carbons (Fsp3) is 0.571. The highest BCUT2D eigenvalue weighted by Crippen LogP contribution is 2.46. The average Bonchev–Trinajstić information content (AvgIpc) is 3.36. The van der Waals surface area contributed by atoms with Gasteiger partial charge < -0.3 is 14.4 Å². The van der Waals surface area contributed by atoms with Gasteiger partial charge in [-0.3, -0.25) is 15.0 Å². The van der Waals surface area contributed by atoms with Crippen LogP contribution in [0.5, 0.6) is 0 Å². The van der Waals surface area contributed by atoms with Crippen LogP contribution >= 0.6 is 11.6 Å². The molecule has 0 spiro atoms. The van der Waals surface area contributed by atoms with E-state index in [-0.39, 0.29) is 24.0 Å². The van der Waals surface area contributed by atoms with E-state index in [0.29, 0.717) is 42.4 Å². The van der Waals surface area contributed by atoms with E-state index >= 15 is 0 Å². The highest BCUT2D eigenvalue weighted by Gasteiger charge is 2.36. The number of fused-ring (bicyclic) bond motifs is 1. The number of imide groups is 1. The van der Waals surface area contributed by atoms with Gasteiger partial charge >= 0.3 is 6.03 Å². The number of amides is 3. The molecule has 1 aliphatic carbocycles. The van der Waals surface area contributed by atoms with Gasteiger partial charge in [-0.15, -0.1) is 0 Å². The van der Waals surface area contributed by atoms with Crippen molar-refractivity contribution in [3.8, 4) is 0 Å². The van der Waals surface area contributed by atoms with E-state index in [1.165, 1.54) is 67.2 Å². The van der Waals surface area contributed by atoms with Crippen molar-refractivity contribution in [2.45, 2.75) is 83.6 Å². The number of nitrogens with zero attached hydrogens (tertiary/aromatic N) is 5. The Labute approximate surface area is 280 Å². The second-order valence-electron chi connectivity index (χ2n) is 13.7. The van der Waals surface area contributed by atoms with Gasteiger partial charge in [0.05, 0.1) is 24.1 Å². The van der Waals surface area contributed by atoms with E-state index in [1.54, 1.807) is 11.1 Å². The van der Waals surface area contributed by atoms with Crippen LogP contribution in [0.1, 0.15) is 76.3 Å². The van der Waals surface area contributed by atoms with Crippen molar-refractivity contribution in [2.75, 3.05) is 50.1 Å². The number of halogens is 4. The van der Waals surface area contributed by atoms with Crippen molar-refractivity contribution in [3.63, 3.8) is 0 Å². The van der Waals surface area contributed by atoms with Gasteiger partial charge in [-0.1, -0.05) is 24.9 Å². The van der Waals surface area contributed by atoms with Crippen LogP contribution in [0, 0.1) is 18.2 Å². The third-order valence-corrected chi connectivity index (χ3v) is 10.3. The SMILES string of the molecule is CCC1(CCN(C)C)CCC(n2cc(C)c3cc(N4CCC(=O)NC4=O)cnc32)CC1.Fc1ccc(Cl)cc1N1CCCC(F)(F)C1. The van der Waals surface area contributed by atoms with Crippen LogP contribution in [0.4, 0.5) is 29.3 Å². The largest absolute Gasteiger partial charge is 0.363 e. The zero-order valence-corrected chi connectivity index (χ0v) is 28.6. The topological polar surface area (TPSA) is 73.7 Å². The number of carbonyl (C=O) groups excluding carboxylic acids is 2. The van der Waals surface area contributed by atoms with E-state index in [2.05, 4.69) is 48.9 Å². The van der Waals surface area contributed by atoms with Crippen molar-refractivity contribution < 1.29 is 22.8 Å². The van der Waals surface area contributed by atoms with Crippen molar-refractivity contribution >= 4 is 45.9 Å². The molecule has 0 unspecified atom stereocenters. The Morgan fingerprint density at radius 3 is 2.51 bits per heavy atom. The van der Waals surface area contributed by atoms with E-state index in [9.17, 15) is 22.8 Å². The summed E-state index contributed by atoms with van der Waals surface area (Å²) < 4.78 is 42.2. The second-order valence-corrected chi connectivity index (χ2v) is 14.1. The summed E-state index contributed by atoms with van der Waals surface area (Å²) >= 11 is 5.73. The Kier molecular flexibility index (Phi) is 10.8. The van der Waals surface area contributed by atoms with Crippen molar-refractivity contribution in [1.82, 2.24) is 19.8 Å². The Balaban J connectivity index is 0.000000227. The molecule has 0 radical (unpaired) electrons. The average molecular weight is 675 g/mol. The quantitative estimate of drug-likeness (QED) is 0.275. The summed E-state index contributed by atoms with van der Waals surface area (Å²) in [5.74, 6) is -3.47. The maximum Gasteiger partial charge on any atom is 0.328 e. The van der Waals surface area contributed by atoms with Gasteiger partial charge in [0.1, 0.15) is 11.5 Å². The number of carbonyl (C=O) groups is 2. The molecule has 8 nitrogen and oxygen atoms in total. The van der Waals surface area contributed by atoms with Crippen LogP contribution in [-0.4, -0.2) is 72.6 Å². The van der Waals surface area contributed by atoms with Crippen LogP contribution in [0.25, 0.3) is 11.0 Å². The molecule has 12 heteroatoms. The number of aromatic nitrogens is 2. The van der Waals surface area contributed by atoms with E-state index < -0.39 is 18.3 Å². The molecule has 1 aromatic carbocycles. The monoisotopic (exact) mass is 674 g/mol. The lowest BCUT2D eigenvalue weighted by Gasteiger charge is -2.41. The number of aryl methyl sites for hydroxylation is 1. The molecule has 1 saturated carbocycles. The second kappa shape index (κ2) is 14.4. The van der Waals surface area contributed by atoms with Gasteiger partial charge in [0.2, 0.25) is 5.91 Å². The Morgan fingerprint density at radius 2 is 1.85 bits per heavy atom. The fourth-order valence-electron chi connectivity index (χ4n) is 7.15. The Bertz CT molecular complexity index is 1590. The lowest BCUT2D eigenvalue weighted by atomic mass is 9.68. The van der Waals surface area contributed by atoms with Crippen molar-refractivity contribution in [3.05, 3.63) is 53.1 Å². The van der Waals surface area contributed by atoms with E-state index in [4.69, 9.17) is 16.6 Å². The van der Waals surface area contributed by atoms with Gasteiger partial charge in [0.15, 0.2) is 0 Å². The maximum atomic E-state index is 13.5. The number of benzene rings is 1. The predicted octanol–water partition coefficient (Wildman–Crippen LogP) is 7.97. The van der Waals surface area contributed by atoms with Crippen molar-refractivity contribution in [2.24, 2.45) is 5.41 Å². The zero-order valence-electron chi connectivity index (χ0n) is 27.8. The van der Waals surface area contributed by atoms with Crippen molar-refractivity contribution in [1.29, 1.82) is 0 Å². The van der Waals surface area contributed by atoms with Crippen LogP contribution in [0.3, 0.4) is 0 Å². The van der Waals surface area contributed by atoms with Gasteiger partial charge in [0, 0.05) is 48.6 Å². The first-order valence-electron chi connectivity index (χ1n) is 16.6. The molecule has 3 amide bonds. The number of hydrogen-bond donors (Lipinski definition) is 1. The maximum absolute atomic E-state index is 13.5. The molecule has 2 saturated heterocycles. The number of piperidine rings is 1. The molecule has 1 N–H and O–H groups in total. The van der Waals surface area contributed by atoms with Gasteiger partial charge in [-0.2, -0.15) is 0 Å². The van der Waals surface area contributed by atoms with Crippen LogP contribution in [0.15, 0.2) is 36.7 Å². The minimum Gasteiger partial charge on any atom is -0.363 e. The first kappa shape index (κ1) is 35.0. The number of nitrogens with one attached hydrogen (secondary N) is 1. The molecule has 4 heterocycles. The van der Waals surface area contributed by atoms with Gasteiger partial charge in [0.25, 0.3) is 5.92 Å². The molecule has 3 aliphatic rings. The molecular formula is C35H46ClF3N6O2. The fourth-order valence-corrected chi connectivity index (χ4v) is 7.32. The first-order valence-corrected chi connectivity index (χ1v) is 17.0. The molecule has 2 aliphatic heterocycles. The molecule has 256 valence electrons. The molecule has 0 bridgehead atoms. The number of alkyl halides is 2. The normalized spacial score (nSPS) is 23.1. The summed E-state index contributed by atoms with van der Waals surface area (Å²) in [7, 11) is 4.32. The number of pyridine rings is 1. The summed E-state index contributed by atoms with van der Waals surface area (Å²) in [6, 6.07) is 6.14. The molecule has 2 aromatic heterocycles. The Hall–Kier alpha value is -3.31. The highest BCUT2D eigenvalue weighted by atomic mass is 35.5. The van der Waals surface area contributed by atoms with Gasteiger partial charge in [-0.05, 0) is 101 Å². The Morgan fingerprint density at radius 1 is 1.11 bits per heavy atom. The number of rotatable bonds is 7. The van der Waals surface area contributed by atoms with Gasteiger partial charge in [-0.25, -0.2) is 22.9 Å². The summed E-state index contributed by atoms with van der Waals surface area (Å²) in [5, 5.41) is 3.83. The lowest BCUT2D eigenvalue weighted by molar-refractivity contribution is -0.120. The lowest BCUT2D eigenvalue weighted by Crippen LogP contribution is -2.49. The molecule has 47 heavy (non-hydrogen) atoms. The molecule has 6 rings (SSSR count). The summed E-state index contributed by atoms with van der Waals surface area (Å²) in [6.45, 7) is 6.01. The minimum atomic E-state index is -2.74. The highest BCUT2D eigenvalue weighted by molar-refractivity contribution is 6.30. The minimum absolute atomic E-state index is 0.133. The third-order valence-electron chi connectivity index (χ3n) is 10.1. The first-order chi connectivity index (χ1) is 22.3. The number of urea groups is 1. The number of hydrogen-bond acceptors (Lipinski definition) is 5. The molecule has 3 aromatic rings. The third kappa shape index (κ3) is 8.23. The smallest absolute Gasteiger partial charge is 0.328 e. The number of anilines is 2. The zero-order chi connectivity index (χ0) is 33.9. The summed E-state index contributed by atoms with van der Waals surface area (Å²) in [5.41, 5.74) is 3.55. The van der Waals surface area contributed by atoms with E-state index in [1.807, 2.05) is 6.07 Å². The van der Waals surface area contributed by atoms with Crippen LogP contribution in [-0.2, 0) is 4.79 Å². The van der Waals surface area contributed by atoms with Crippen LogP contribution in [0.2, 0.25) is 5.02 Å².